The summed E-state index contributed by atoms with van der Waals surface area (Å²) in [6.45, 7) is 2.10. The van der Waals surface area contributed by atoms with Crippen molar-refractivity contribution < 1.29 is 4.79 Å². The number of carbonyl (C=O) groups excluding carboxylic acids is 1. The van der Waals surface area contributed by atoms with E-state index < -0.39 is 0 Å². The Hall–Kier alpha value is -1.35. The number of fused-ring (bicyclic) bond motifs is 2. The van der Waals surface area contributed by atoms with Gasteiger partial charge in [0.2, 0.25) is 5.91 Å². The Morgan fingerprint density at radius 1 is 1.29 bits per heavy atom. The Kier molecular flexibility index (Phi) is 4.29. The SMILES string of the molecule is CC(CCc1ccccc1)NC(=O)C1C2CCC(C2)C1N. The summed E-state index contributed by atoms with van der Waals surface area (Å²) in [6.07, 6.45) is 5.56. The predicted molar refractivity (Wildman–Crippen MR) is 84.7 cm³/mol. The van der Waals surface area contributed by atoms with Gasteiger partial charge in [0.1, 0.15) is 0 Å². The molecule has 1 aromatic rings. The molecule has 0 aliphatic heterocycles. The highest BCUT2D eigenvalue weighted by Crippen LogP contribution is 2.47. The molecular weight excluding hydrogens is 260 g/mol. The number of nitrogens with one attached hydrogen (secondary N) is 1. The second-order valence-electron chi connectivity index (χ2n) is 6.87. The fraction of sp³-hybridized carbons (Fsp3) is 0.611. The van der Waals surface area contributed by atoms with E-state index in [1.807, 2.05) is 6.07 Å². The topological polar surface area (TPSA) is 55.1 Å². The zero-order chi connectivity index (χ0) is 14.8. The van der Waals surface area contributed by atoms with Crippen LogP contribution in [0.1, 0.15) is 38.2 Å². The van der Waals surface area contributed by atoms with Gasteiger partial charge in [-0.15, -0.1) is 0 Å². The van der Waals surface area contributed by atoms with Crippen molar-refractivity contribution in [2.45, 2.75) is 51.1 Å². The van der Waals surface area contributed by atoms with E-state index in [-0.39, 0.29) is 23.9 Å². The number of amides is 1. The van der Waals surface area contributed by atoms with E-state index in [1.165, 1.54) is 18.4 Å². The first-order valence-electron chi connectivity index (χ1n) is 8.25. The maximum Gasteiger partial charge on any atom is 0.225 e. The molecule has 0 spiro atoms. The molecular formula is C18H26N2O. The molecule has 0 heterocycles. The van der Waals surface area contributed by atoms with E-state index in [4.69, 9.17) is 5.73 Å². The molecule has 3 N–H and O–H groups in total. The number of benzene rings is 1. The molecule has 21 heavy (non-hydrogen) atoms. The van der Waals surface area contributed by atoms with Crippen molar-refractivity contribution in [1.82, 2.24) is 5.32 Å². The lowest BCUT2D eigenvalue weighted by Crippen LogP contribution is -2.47. The first-order chi connectivity index (χ1) is 10.1. The third-order valence-electron chi connectivity index (χ3n) is 5.38. The Bertz CT molecular complexity index is 485. The van der Waals surface area contributed by atoms with E-state index in [9.17, 15) is 4.79 Å². The fourth-order valence-corrected chi connectivity index (χ4v) is 4.16. The third kappa shape index (κ3) is 3.13. The maximum atomic E-state index is 12.5. The summed E-state index contributed by atoms with van der Waals surface area (Å²) in [5.74, 6) is 1.37. The molecule has 3 nitrogen and oxygen atoms in total. The van der Waals surface area contributed by atoms with Crippen LogP contribution in [0.25, 0.3) is 0 Å². The smallest absolute Gasteiger partial charge is 0.225 e. The van der Waals surface area contributed by atoms with Crippen LogP contribution in [0.5, 0.6) is 0 Å². The van der Waals surface area contributed by atoms with E-state index in [2.05, 4.69) is 36.5 Å². The fourth-order valence-electron chi connectivity index (χ4n) is 4.16. The first kappa shape index (κ1) is 14.6. The number of carbonyl (C=O) groups is 1. The predicted octanol–water partition coefficient (Wildman–Crippen LogP) is 2.50. The second kappa shape index (κ2) is 6.18. The second-order valence-corrected chi connectivity index (χ2v) is 6.87. The Balaban J connectivity index is 1.48. The van der Waals surface area contributed by atoms with Crippen LogP contribution in [0.3, 0.4) is 0 Å². The van der Waals surface area contributed by atoms with Crippen molar-refractivity contribution >= 4 is 5.91 Å². The quantitative estimate of drug-likeness (QED) is 0.874. The first-order valence-corrected chi connectivity index (χ1v) is 8.25. The average Bonchev–Trinajstić information content (AvgIpc) is 3.07. The Morgan fingerprint density at radius 2 is 2.00 bits per heavy atom. The summed E-state index contributed by atoms with van der Waals surface area (Å²) < 4.78 is 0. The van der Waals surface area contributed by atoms with Crippen molar-refractivity contribution in [3.05, 3.63) is 35.9 Å². The molecule has 2 aliphatic carbocycles. The van der Waals surface area contributed by atoms with Gasteiger partial charge in [0.25, 0.3) is 0 Å². The zero-order valence-electron chi connectivity index (χ0n) is 12.8. The number of hydrogen-bond acceptors (Lipinski definition) is 2. The highest BCUT2D eigenvalue weighted by Gasteiger charge is 2.49. The monoisotopic (exact) mass is 286 g/mol. The van der Waals surface area contributed by atoms with Crippen LogP contribution in [0, 0.1) is 17.8 Å². The van der Waals surface area contributed by atoms with Crippen LogP contribution in [0.15, 0.2) is 30.3 Å². The molecule has 5 atom stereocenters. The molecule has 3 heteroatoms. The van der Waals surface area contributed by atoms with Gasteiger partial charge in [-0.05, 0) is 56.4 Å². The van der Waals surface area contributed by atoms with Crippen molar-refractivity contribution in [2.75, 3.05) is 0 Å². The molecule has 0 saturated heterocycles. The molecule has 0 aromatic heterocycles. The highest BCUT2D eigenvalue weighted by atomic mass is 16.2. The van der Waals surface area contributed by atoms with Crippen LogP contribution < -0.4 is 11.1 Å². The zero-order valence-corrected chi connectivity index (χ0v) is 12.8. The van der Waals surface area contributed by atoms with Crippen LogP contribution in [-0.4, -0.2) is 18.0 Å². The lowest BCUT2D eigenvalue weighted by Gasteiger charge is -2.28. The molecule has 2 bridgehead atoms. The summed E-state index contributed by atoms with van der Waals surface area (Å²) in [5.41, 5.74) is 7.57. The summed E-state index contributed by atoms with van der Waals surface area (Å²) in [7, 11) is 0. The van der Waals surface area contributed by atoms with Gasteiger partial charge in [0, 0.05) is 12.1 Å². The van der Waals surface area contributed by atoms with Crippen molar-refractivity contribution in [2.24, 2.45) is 23.5 Å². The Labute approximate surface area is 127 Å². The minimum absolute atomic E-state index is 0.0583. The van der Waals surface area contributed by atoms with E-state index in [1.54, 1.807) is 0 Å². The van der Waals surface area contributed by atoms with Gasteiger partial charge in [0.05, 0.1) is 5.92 Å². The van der Waals surface area contributed by atoms with Crippen molar-refractivity contribution in [3.8, 4) is 0 Å². The van der Waals surface area contributed by atoms with Gasteiger partial charge in [-0.3, -0.25) is 4.79 Å². The molecule has 5 unspecified atom stereocenters. The Morgan fingerprint density at radius 3 is 2.67 bits per heavy atom. The molecule has 2 fully saturated rings. The standard InChI is InChI=1S/C18H26N2O/c1-12(7-8-13-5-3-2-4-6-13)20-18(21)16-14-9-10-15(11-14)17(16)19/h2-6,12,14-17H,7-11,19H2,1H3,(H,20,21). The number of rotatable bonds is 5. The lowest BCUT2D eigenvalue weighted by atomic mass is 9.84. The van der Waals surface area contributed by atoms with Crippen LogP contribution in [0.4, 0.5) is 0 Å². The number of aryl methyl sites for hydroxylation is 1. The molecule has 0 radical (unpaired) electrons. The number of nitrogens with two attached hydrogens (primary N) is 1. The van der Waals surface area contributed by atoms with Gasteiger partial charge >= 0.3 is 0 Å². The minimum atomic E-state index is 0.0583. The number of hydrogen-bond donors (Lipinski definition) is 2. The molecule has 2 saturated carbocycles. The lowest BCUT2D eigenvalue weighted by molar-refractivity contribution is -0.127. The largest absolute Gasteiger partial charge is 0.353 e. The van der Waals surface area contributed by atoms with Crippen LogP contribution >= 0.6 is 0 Å². The van der Waals surface area contributed by atoms with Crippen molar-refractivity contribution in [1.29, 1.82) is 0 Å². The third-order valence-corrected chi connectivity index (χ3v) is 5.38. The van der Waals surface area contributed by atoms with Crippen LogP contribution in [0.2, 0.25) is 0 Å². The van der Waals surface area contributed by atoms with Gasteiger partial charge in [-0.1, -0.05) is 30.3 Å². The summed E-state index contributed by atoms with van der Waals surface area (Å²) in [6, 6.07) is 10.7. The molecule has 2 aliphatic rings. The van der Waals surface area contributed by atoms with Gasteiger partial charge in [0.15, 0.2) is 0 Å². The van der Waals surface area contributed by atoms with E-state index >= 15 is 0 Å². The van der Waals surface area contributed by atoms with E-state index in [0.29, 0.717) is 11.8 Å². The van der Waals surface area contributed by atoms with Gasteiger partial charge in [-0.25, -0.2) is 0 Å². The summed E-state index contributed by atoms with van der Waals surface area (Å²) in [5, 5.41) is 3.19. The average molecular weight is 286 g/mol. The maximum absolute atomic E-state index is 12.5. The molecule has 1 amide bonds. The minimum Gasteiger partial charge on any atom is -0.353 e. The van der Waals surface area contributed by atoms with E-state index in [0.717, 1.165) is 19.3 Å². The highest BCUT2D eigenvalue weighted by molar-refractivity contribution is 5.80. The molecule has 3 rings (SSSR count). The van der Waals surface area contributed by atoms with Crippen LogP contribution in [-0.2, 0) is 11.2 Å². The van der Waals surface area contributed by atoms with Gasteiger partial charge < -0.3 is 11.1 Å². The van der Waals surface area contributed by atoms with Gasteiger partial charge in [-0.2, -0.15) is 0 Å². The summed E-state index contributed by atoms with van der Waals surface area (Å²) in [4.78, 5) is 12.5. The summed E-state index contributed by atoms with van der Waals surface area (Å²) >= 11 is 0. The molecule has 114 valence electrons. The van der Waals surface area contributed by atoms with Crippen molar-refractivity contribution in [3.63, 3.8) is 0 Å². The normalized spacial score (nSPS) is 32.1. The molecule has 1 aromatic carbocycles.